The molecule has 1 amide bonds. The van der Waals surface area contributed by atoms with Crippen molar-refractivity contribution in [3.05, 3.63) is 0 Å². The summed E-state index contributed by atoms with van der Waals surface area (Å²) < 4.78 is 5.37. The van der Waals surface area contributed by atoms with E-state index in [-0.39, 0.29) is 12.0 Å². The number of piperazine rings is 1. The number of hydrogen-bond acceptors (Lipinski definition) is 3. The highest BCUT2D eigenvalue weighted by Crippen LogP contribution is 2.02. The van der Waals surface area contributed by atoms with Gasteiger partial charge in [-0.1, -0.05) is 0 Å². The molecular formula is C11H22N2O2. The molecule has 0 aliphatic carbocycles. The molecule has 0 radical (unpaired) electrons. The normalized spacial score (nSPS) is 22.1. The molecule has 0 aromatic carbocycles. The van der Waals surface area contributed by atoms with Gasteiger partial charge in [-0.3, -0.25) is 4.79 Å². The Morgan fingerprint density at radius 3 is 2.93 bits per heavy atom. The monoisotopic (exact) mass is 214 g/mol. The molecule has 1 aliphatic heterocycles. The average molecular weight is 214 g/mol. The van der Waals surface area contributed by atoms with E-state index in [2.05, 4.69) is 12.2 Å². The average Bonchev–Trinajstić information content (AvgIpc) is 2.17. The van der Waals surface area contributed by atoms with Crippen LogP contribution in [0.1, 0.15) is 27.2 Å². The molecule has 1 rings (SSSR count). The number of ether oxygens (including phenoxy) is 1. The maximum atomic E-state index is 11.7. The highest BCUT2D eigenvalue weighted by Gasteiger charge is 2.19. The van der Waals surface area contributed by atoms with Gasteiger partial charge in [0.1, 0.15) is 0 Å². The van der Waals surface area contributed by atoms with Crippen molar-refractivity contribution < 1.29 is 9.53 Å². The van der Waals surface area contributed by atoms with Gasteiger partial charge in [0.15, 0.2) is 0 Å². The third-order valence-electron chi connectivity index (χ3n) is 2.49. The Kier molecular flexibility index (Phi) is 5.05. The first-order chi connectivity index (χ1) is 7.09. The predicted molar refractivity (Wildman–Crippen MR) is 59.7 cm³/mol. The van der Waals surface area contributed by atoms with Gasteiger partial charge in [-0.25, -0.2) is 0 Å². The van der Waals surface area contributed by atoms with Crippen LogP contribution < -0.4 is 5.32 Å². The van der Waals surface area contributed by atoms with Crippen molar-refractivity contribution in [2.75, 3.05) is 26.2 Å². The number of carbonyl (C=O) groups is 1. The summed E-state index contributed by atoms with van der Waals surface area (Å²) in [5, 5.41) is 3.32. The molecule has 0 spiro atoms. The second-order valence-corrected chi connectivity index (χ2v) is 4.36. The molecule has 0 bridgehead atoms. The molecule has 0 saturated carbocycles. The molecule has 4 nitrogen and oxygen atoms in total. The van der Waals surface area contributed by atoms with Gasteiger partial charge in [0.05, 0.1) is 19.1 Å². The summed E-state index contributed by atoms with van der Waals surface area (Å²) in [5.41, 5.74) is 0. The quantitative estimate of drug-likeness (QED) is 0.746. The summed E-state index contributed by atoms with van der Waals surface area (Å²) in [6.45, 7) is 9.15. The Morgan fingerprint density at radius 2 is 2.33 bits per heavy atom. The van der Waals surface area contributed by atoms with Crippen LogP contribution in [0.2, 0.25) is 0 Å². The smallest absolute Gasteiger partial charge is 0.224 e. The lowest BCUT2D eigenvalue weighted by Crippen LogP contribution is -2.51. The maximum Gasteiger partial charge on any atom is 0.224 e. The van der Waals surface area contributed by atoms with Crippen molar-refractivity contribution >= 4 is 5.91 Å². The first-order valence-electron chi connectivity index (χ1n) is 5.72. The van der Waals surface area contributed by atoms with E-state index in [1.807, 2.05) is 18.7 Å². The van der Waals surface area contributed by atoms with Crippen LogP contribution in [0.4, 0.5) is 0 Å². The Bertz CT molecular complexity index is 207. The predicted octanol–water partition coefficient (Wildman–Crippen LogP) is 0.622. The van der Waals surface area contributed by atoms with Crippen LogP contribution in [0.15, 0.2) is 0 Å². The summed E-state index contributed by atoms with van der Waals surface area (Å²) in [7, 11) is 0. The van der Waals surface area contributed by atoms with Crippen molar-refractivity contribution in [1.29, 1.82) is 0 Å². The standard InChI is InChI=1S/C11H22N2O2/c1-9(2)15-7-4-11(14)13-6-5-12-10(3)8-13/h9-10,12H,4-8H2,1-3H3. The lowest BCUT2D eigenvalue weighted by molar-refractivity contribution is -0.133. The second kappa shape index (κ2) is 6.08. The molecule has 4 heteroatoms. The van der Waals surface area contributed by atoms with Gasteiger partial charge in [0.2, 0.25) is 5.91 Å². The van der Waals surface area contributed by atoms with E-state index in [1.54, 1.807) is 0 Å². The maximum absolute atomic E-state index is 11.7. The second-order valence-electron chi connectivity index (χ2n) is 4.36. The Labute approximate surface area is 92.0 Å². The van der Waals surface area contributed by atoms with E-state index in [1.165, 1.54) is 0 Å². The van der Waals surface area contributed by atoms with Crippen molar-refractivity contribution in [3.63, 3.8) is 0 Å². The van der Waals surface area contributed by atoms with Crippen LogP contribution in [-0.4, -0.2) is 49.2 Å². The zero-order chi connectivity index (χ0) is 11.3. The lowest BCUT2D eigenvalue weighted by Gasteiger charge is -2.32. The number of nitrogens with one attached hydrogen (secondary N) is 1. The molecule has 1 heterocycles. The third-order valence-corrected chi connectivity index (χ3v) is 2.49. The molecule has 1 fully saturated rings. The van der Waals surface area contributed by atoms with Gasteiger partial charge in [-0.05, 0) is 20.8 Å². The number of carbonyl (C=O) groups excluding carboxylic acids is 1. The van der Waals surface area contributed by atoms with E-state index < -0.39 is 0 Å². The SMILES string of the molecule is CC1CN(C(=O)CCOC(C)C)CCN1. The Balaban J connectivity index is 2.21. The minimum atomic E-state index is 0.208. The number of nitrogens with zero attached hydrogens (tertiary/aromatic N) is 1. The lowest BCUT2D eigenvalue weighted by atomic mass is 10.2. The van der Waals surface area contributed by atoms with E-state index >= 15 is 0 Å². The van der Waals surface area contributed by atoms with E-state index in [9.17, 15) is 4.79 Å². The van der Waals surface area contributed by atoms with Crippen LogP contribution in [0, 0.1) is 0 Å². The van der Waals surface area contributed by atoms with Crippen molar-refractivity contribution in [3.8, 4) is 0 Å². The summed E-state index contributed by atoms with van der Waals surface area (Å²) in [6, 6.07) is 0.411. The van der Waals surface area contributed by atoms with Gasteiger partial charge in [0.25, 0.3) is 0 Å². The summed E-state index contributed by atoms with van der Waals surface area (Å²) in [4.78, 5) is 13.7. The molecule has 1 unspecified atom stereocenters. The molecule has 0 aromatic heterocycles. The summed E-state index contributed by atoms with van der Waals surface area (Å²) in [5.74, 6) is 0.212. The van der Waals surface area contributed by atoms with Crippen molar-refractivity contribution in [1.82, 2.24) is 10.2 Å². The molecule has 1 aliphatic rings. The molecule has 0 aromatic rings. The molecule has 15 heavy (non-hydrogen) atoms. The van der Waals surface area contributed by atoms with Gasteiger partial charge in [-0.2, -0.15) is 0 Å². The molecule has 88 valence electrons. The fraction of sp³-hybridized carbons (Fsp3) is 0.909. The fourth-order valence-corrected chi connectivity index (χ4v) is 1.70. The number of amides is 1. The van der Waals surface area contributed by atoms with Crippen LogP contribution in [0.3, 0.4) is 0 Å². The topological polar surface area (TPSA) is 41.6 Å². The van der Waals surface area contributed by atoms with E-state index in [0.717, 1.165) is 19.6 Å². The van der Waals surface area contributed by atoms with Gasteiger partial charge >= 0.3 is 0 Å². The Hall–Kier alpha value is -0.610. The largest absolute Gasteiger partial charge is 0.378 e. The van der Waals surface area contributed by atoms with E-state index in [4.69, 9.17) is 4.74 Å². The first-order valence-corrected chi connectivity index (χ1v) is 5.72. The summed E-state index contributed by atoms with van der Waals surface area (Å²) >= 11 is 0. The highest BCUT2D eigenvalue weighted by molar-refractivity contribution is 5.76. The van der Waals surface area contributed by atoms with Gasteiger partial charge < -0.3 is 15.0 Å². The molecule has 1 N–H and O–H groups in total. The van der Waals surface area contributed by atoms with Gasteiger partial charge in [-0.15, -0.1) is 0 Å². The van der Waals surface area contributed by atoms with Gasteiger partial charge in [0, 0.05) is 25.7 Å². The van der Waals surface area contributed by atoms with Crippen LogP contribution in [0.25, 0.3) is 0 Å². The molecular weight excluding hydrogens is 192 g/mol. The minimum absolute atomic E-state index is 0.208. The first kappa shape index (κ1) is 12.5. The molecule has 1 atom stereocenters. The van der Waals surface area contributed by atoms with E-state index in [0.29, 0.717) is 19.1 Å². The zero-order valence-corrected chi connectivity index (χ0v) is 9.95. The van der Waals surface area contributed by atoms with Crippen molar-refractivity contribution in [2.45, 2.75) is 39.3 Å². The third kappa shape index (κ3) is 4.62. The summed E-state index contributed by atoms with van der Waals surface area (Å²) in [6.07, 6.45) is 0.713. The van der Waals surface area contributed by atoms with Crippen LogP contribution >= 0.6 is 0 Å². The zero-order valence-electron chi connectivity index (χ0n) is 9.95. The fourth-order valence-electron chi connectivity index (χ4n) is 1.70. The number of hydrogen-bond donors (Lipinski definition) is 1. The minimum Gasteiger partial charge on any atom is -0.378 e. The van der Waals surface area contributed by atoms with Crippen molar-refractivity contribution in [2.24, 2.45) is 0 Å². The molecule has 1 saturated heterocycles. The number of rotatable bonds is 4. The Morgan fingerprint density at radius 1 is 1.60 bits per heavy atom. The van der Waals surface area contributed by atoms with Crippen LogP contribution in [0.5, 0.6) is 0 Å². The van der Waals surface area contributed by atoms with Crippen LogP contribution in [-0.2, 0) is 9.53 Å². The highest BCUT2D eigenvalue weighted by atomic mass is 16.5.